The van der Waals surface area contributed by atoms with Crippen LogP contribution in [-0.4, -0.2) is 39.7 Å². The molecule has 20 heavy (non-hydrogen) atoms. The summed E-state index contributed by atoms with van der Waals surface area (Å²) in [5.41, 5.74) is 8.57. The van der Waals surface area contributed by atoms with E-state index >= 15 is 0 Å². The summed E-state index contributed by atoms with van der Waals surface area (Å²) in [5.74, 6) is 0.0118. The number of rotatable bonds is 2. The summed E-state index contributed by atoms with van der Waals surface area (Å²) in [6.07, 6.45) is 4.28. The van der Waals surface area contributed by atoms with E-state index in [4.69, 9.17) is 5.73 Å². The van der Waals surface area contributed by atoms with Crippen LogP contribution in [-0.2, 0) is 0 Å². The Balaban J connectivity index is 1.84. The fourth-order valence-electron chi connectivity index (χ4n) is 2.54. The molecule has 104 valence electrons. The van der Waals surface area contributed by atoms with Gasteiger partial charge in [-0.1, -0.05) is 18.2 Å². The monoisotopic (exact) mass is 270 g/mol. The number of amides is 1. The zero-order valence-electron chi connectivity index (χ0n) is 11.5. The molecule has 0 aliphatic carbocycles. The third-order valence-corrected chi connectivity index (χ3v) is 3.70. The summed E-state index contributed by atoms with van der Waals surface area (Å²) in [5, 5.41) is 4.30. The molecule has 3 rings (SSSR count). The minimum Gasteiger partial charge on any atom is -0.337 e. The number of aromatic nitrogens is 2. The van der Waals surface area contributed by atoms with E-state index in [1.807, 2.05) is 31.2 Å². The molecular weight excluding hydrogens is 252 g/mol. The van der Waals surface area contributed by atoms with E-state index in [0.717, 1.165) is 24.2 Å². The minimum absolute atomic E-state index is 0.0118. The van der Waals surface area contributed by atoms with Gasteiger partial charge in [-0.05, 0) is 25.0 Å². The van der Waals surface area contributed by atoms with E-state index < -0.39 is 0 Å². The van der Waals surface area contributed by atoms with Crippen molar-refractivity contribution in [3.63, 3.8) is 0 Å². The van der Waals surface area contributed by atoms with Crippen molar-refractivity contribution < 1.29 is 4.79 Å². The number of benzene rings is 1. The van der Waals surface area contributed by atoms with Gasteiger partial charge in [-0.15, -0.1) is 0 Å². The van der Waals surface area contributed by atoms with E-state index in [0.29, 0.717) is 12.1 Å². The van der Waals surface area contributed by atoms with Gasteiger partial charge in [0, 0.05) is 25.3 Å². The number of hydrogen-bond acceptors (Lipinski definition) is 3. The molecule has 1 aromatic carbocycles. The van der Waals surface area contributed by atoms with E-state index in [-0.39, 0.29) is 11.9 Å². The number of hydrogen-bond donors (Lipinski definition) is 1. The van der Waals surface area contributed by atoms with Gasteiger partial charge in [0.15, 0.2) is 0 Å². The maximum atomic E-state index is 12.3. The van der Waals surface area contributed by atoms with Gasteiger partial charge in [0.25, 0.3) is 5.91 Å². The Labute approximate surface area is 118 Å². The molecule has 2 aromatic rings. The standard InChI is InChI=1S/C15H18N4O/c1-11-4-2-3-5-14(11)19-9-12(8-17-19)15(20)18-7-6-13(16)10-18/h2-5,8-9,13H,6-7,10,16H2,1H3/t13-/m0/s1. The van der Waals surface area contributed by atoms with Gasteiger partial charge in [0.05, 0.1) is 17.4 Å². The quantitative estimate of drug-likeness (QED) is 0.896. The molecule has 0 radical (unpaired) electrons. The maximum absolute atomic E-state index is 12.3. The summed E-state index contributed by atoms with van der Waals surface area (Å²) in [6.45, 7) is 3.39. The number of likely N-dealkylation sites (tertiary alicyclic amines) is 1. The number of aryl methyl sites for hydroxylation is 1. The molecule has 0 unspecified atom stereocenters. The average molecular weight is 270 g/mol. The van der Waals surface area contributed by atoms with Crippen LogP contribution in [0.5, 0.6) is 0 Å². The average Bonchev–Trinajstić information content (AvgIpc) is 3.07. The lowest BCUT2D eigenvalue weighted by Gasteiger charge is -2.14. The number of carbonyl (C=O) groups is 1. The molecule has 1 aliphatic rings. The second-order valence-electron chi connectivity index (χ2n) is 5.26. The highest BCUT2D eigenvalue weighted by Crippen LogP contribution is 2.16. The molecule has 2 heterocycles. The van der Waals surface area contributed by atoms with Crippen LogP contribution in [0, 0.1) is 6.92 Å². The highest BCUT2D eigenvalue weighted by atomic mass is 16.2. The number of carbonyl (C=O) groups excluding carboxylic acids is 1. The molecule has 5 nitrogen and oxygen atoms in total. The first-order valence-corrected chi connectivity index (χ1v) is 6.80. The first-order chi connectivity index (χ1) is 9.65. The molecule has 2 N–H and O–H groups in total. The predicted octanol–water partition coefficient (Wildman–Crippen LogP) is 1.35. The second kappa shape index (κ2) is 5.09. The Bertz CT molecular complexity index is 634. The van der Waals surface area contributed by atoms with Crippen molar-refractivity contribution in [2.45, 2.75) is 19.4 Å². The van der Waals surface area contributed by atoms with Crippen molar-refractivity contribution >= 4 is 5.91 Å². The summed E-state index contributed by atoms with van der Waals surface area (Å²) in [4.78, 5) is 14.1. The fourth-order valence-corrected chi connectivity index (χ4v) is 2.54. The zero-order chi connectivity index (χ0) is 14.1. The summed E-state index contributed by atoms with van der Waals surface area (Å²) < 4.78 is 1.75. The van der Waals surface area contributed by atoms with Crippen LogP contribution in [0.1, 0.15) is 22.3 Å². The molecule has 1 aliphatic heterocycles. The van der Waals surface area contributed by atoms with Crippen molar-refractivity contribution in [2.75, 3.05) is 13.1 Å². The topological polar surface area (TPSA) is 64.2 Å². The summed E-state index contributed by atoms with van der Waals surface area (Å²) in [6, 6.07) is 8.07. The van der Waals surface area contributed by atoms with Gasteiger partial charge < -0.3 is 10.6 Å². The number of nitrogens with zero attached hydrogens (tertiary/aromatic N) is 3. The van der Waals surface area contributed by atoms with Crippen molar-refractivity contribution in [2.24, 2.45) is 5.73 Å². The van der Waals surface area contributed by atoms with Gasteiger partial charge in [0.1, 0.15) is 0 Å². The first-order valence-electron chi connectivity index (χ1n) is 6.80. The van der Waals surface area contributed by atoms with Crippen molar-refractivity contribution in [1.82, 2.24) is 14.7 Å². The Morgan fingerprint density at radius 1 is 1.40 bits per heavy atom. The van der Waals surface area contributed by atoms with Crippen LogP contribution in [0.25, 0.3) is 5.69 Å². The molecule has 1 fully saturated rings. The zero-order valence-corrected chi connectivity index (χ0v) is 11.5. The number of para-hydroxylation sites is 1. The molecule has 0 spiro atoms. The molecule has 0 bridgehead atoms. The smallest absolute Gasteiger partial charge is 0.257 e. The van der Waals surface area contributed by atoms with E-state index in [2.05, 4.69) is 5.10 Å². The van der Waals surface area contributed by atoms with Gasteiger partial charge in [-0.3, -0.25) is 4.79 Å². The van der Waals surface area contributed by atoms with Gasteiger partial charge >= 0.3 is 0 Å². The van der Waals surface area contributed by atoms with Crippen molar-refractivity contribution in [3.05, 3.63) is 47.8 Å². The Kier molecular flexibility index (Phi) is 3.28. The highest BCUT2D eigenvalue weighted by Gasteiger charge is 2.25. The maximum Gasteiger partial charge on any atom is 0.257 e. The van der Waals surface area contributed by atoms with Crippen LogP contribution in [0.15, 0.2) is 36.7 Å². The molecule has 1 amide bonds. The van der Waals surface area contributed by atoms with Crippen LogP contribution in [0.2, 0.25) is 0 Å². The molecule has 5 heteroatoms. The van der Waals surface area contributed by atoms with Crippen LogP contribution < -0.4 is 5.73 Å². The largest absolute Gasteiger partial charge is 0.337 e. The normalized spacial score (nSPS) is 18.5. The van der Waals surface area contributed by atoms with Gasteiger partial charge in [-0.2, -0.15) is 5.10 Å². The third kappa shape index (κ3) is 2.32. The third-order valence-electron chi connectivity index (χ3n) is 3.70. The highest BCUT2D eigenvalue weighted by molar-refractivity contribution is 5.94. The molecule has 1 saturated heterocycles. The van der Waals surface area contributed by atoms with Crippen LogP contribution in [0.4, 0.5) is 0 Å². The van der Waals surface area contributed by atoms with Crippen LogP contribution >= 0.6 is 0 Å². The lowest BCUT2D eigenvalue weighted by molar-refractivity contribution is 0.0791. The van der Waals surface area contributed by atoms with Gasteiger partial charge in [-0.25, -0.2) is 4.68 Å². The Hall–Kier alpha value is -2.14. The summed E-state index contributed by atoms with van der Waals surface area (Å²) >= 11 is 0. The SMILES string of the molecule is Cc1ccccc1-n1cc(C(=O)N2CC[C@H](N)C2)cn1. The molecule has 1 aromatic heterocycles. The lowest BCUT2D eigenvalue weighted by Crippen LogP contribution is -2.31. The predicted molar refractivity (Wildman–Crippen MR) is 76.8 cm³/mol. The van der Waals surface area contributed by atoms with Crippen LogP contribution in [0.3, 0.4) is 0 Å². The first kappa shape index (κ1) is 12.9. The fraction of sp³-hybridized carbons (Fsp3) is 0.333. The van der Waals surface area contributed by atoms with E-state index in [1.165, 1.54) is 0 Å². The lowest BCUT2D eigenvalue weighted by atomic mass is 10.2. The minimum atomic E-state index is 0.0118. The second-order valence-corrected chi connectivity index (χ2v) is 5.26. The van der Waals surface area contributed by atoms with E-state index in [1.54, 1.807) is 22.0 Å². The van der Waals surface area contributed by atoms with Gasteiger partial charge in [0.2, 0.25) is 0 Å². The Morgan fingerprint density at radius 2 is 2.20 bits per heavy atom. The Morgan fingerprint density at radius 3 is 2.90 bits per heavy atom. The molecule has 0 saturated carbocycles. The number of nitrogens with two attached hydrogens (primary N) is 1. The van der Waals surface area contributed by atoms with E-state index in [9.17, 15) is 4.79 Å². The molecular formula is C15H18N4O. The molecule has 1 atom stereocenters. The summed E-state index contributed by atoms with van der Waals surface area (Å²) in [7, 11) is 0. The van der Waals surface area contributed by atoms with Crippen molar-refractivity contribution in [1.29, 1.82) is 0 Å². The van der Waals surface area contributed by atoms with Crippen molar-refractivity contribution in [3.8, 4) is 5.69 Å².